The Morgan fingerprint density at radius 1 is 0.622 bits per heavy atom. The van der Waals surface area contributed by atoms with E-state index in [-0.39, 0.29) is 55.9 Å². The van der Waals surface area contributed by atoms with Gasteiger partial charge in [0.1, 0.15) is 11.5 Å². The molecule has 0 saturated heterocycles. The van der Waals surface area contributed by atoms with Crippen molar-refractivity contribution in [2.75, 3.05) is 9.80 Å². The number of carbonyl (C=O) groups is 4. The van der Waals surface area contributed by atoms with Crippen molar-refractivity contribution in [3.8, 4) is 23.6 Å². The van der Waals surface area contributed by atoms with E-state index in [0.29, 0.717) is 16.8 Å². The van der Waals surface area contributed by atoms with Crippen LogP contribution in [0.15, 0.2) is 91.0 Å². The van der Waals surface area contributed by atoms with Crippen molar-refractivity contribution >= 4 is 51.5 Å². The standard InChI is InChI=1S/C35H15N5O5/c1-38-21-7-11-23(12-8-21)40-33(42)26-14-13-25-29-27(34(43)39(32(25)41)22-9-5-19(17-36)6-10-22)16-28(31(30(26)29)35(40)44)45-24-4-2-3-20(15-24)18-37/h2-16H. The average molecular weight is 586 g/mol. The van der Waals surface area contributed by atoms with Crippen molar-refractivity contribution in [3.63, 3.8) is 0 Å². The third kappa shape index (κ3) is 4.01. The summed E-state index contributed by atoms with van der Waals surface area (Å²) < 4.78 is 6.18. The second-order valence-corrected chi connectivity index (χ2v) is 10.1. The van der Waals surface area contributed by atoms with Gasteiger partial charge in [0.25, 0.3) is 23.6 Å². The largest absolute Gasteiger partial charge is 0.456 e. The minimum absolute atomic E-state index is 0.0245. The Balaban J connectivity index is 1.48. The van der Waals surface area contributed by atoms with Crippen LogP contribution < -0.4 is 14.5 Å². The molecule has 0 fully saturated rings. The normalized spacial score (nSPS) is 13.4. The van der Waals surface area contributed by atoms with Gasteiger partial charge >= 0.3 is 0 Å². The first-order valence-corrected chi connectivity index (χ1v) is 13.4. The number of hydrogen-bond donors (Lipinski definition) is 0. The molecule has 0 atom stereocenters. The maximum absolute atomic E-state index is 14.2. The van der Waals surface area contributed by atoms with Crippen molar-refractivity contribution in [1.29, 1.82) is 10.5 Å². The van der Waals surface area contributed by atoms with Crippen LogP contribution in [0.1, 0.15) is 52.6 Å². The van der Waals surface area contributed by atoms with Gasteiger partial charge in [0.05, 0.1) is 46.7 Å². The third-order valence-electron chi connectivity index (χ3n) is 7.65. The molecule has 5 aromatic rings. The summed E-state index contributed by atoms with van der Waals surface area (Å²) in [6, 6.07) is 26.4. The Morgan fingerprint density at radius 3 is 1.82 bits per heavy atom. The zero-order valence-electron chi connectivity index (χ0n) is 22.9. The lowest BCUT2D eigenvalue weighted by molar-refractivity contribution is 0.0871. The molecule has 0 unspecified atom stereocenters. The van der Waals surface area contributed by atoms with Gasteiger partial charge in [-0.05, 0) is 72.8 Å². The van der Waals surface area contributed by atoms with E-state index < -0.39 is 23.6 Å². The number of hydrogen-bond acceptors (Lipinski definition) is 7. The van der Waals surface area contributed by atoms with Crippen molar-refractivity contribution < 1.29 is 23.9 Å². The highest BCUT2D eigenvalue weighted by Crippen LogP contribution is 2.45. The Hall–Kier alpha value is -7.09. The summed E-state index contributed by atoms with van der Waals surface area (Å²) in [5, 5.41) is 18.9. The molecule has 0 saturated carbocycles. The van der Waals surface area contributed by atoms with Gasteiger partial charge in [0.2, 0.25) is 0 Å². The fraction of sp³-hybridized carbons (Fsp3) is 0. The fourth-order valence-corrected chi connectivity index (χ4v) is 5.60. The molecule has 0 aromatic heterocycles. The molecule has 5 aromatic carbocycles. The van der Waals surface area contributed by atoms with Gasteiger partial charge in [-0.15, -0.1) is 0 Å². The van der Waals surface area contributed by atoms with E-state index in [4.69, 9.17) is 11.3 Å². The van der Waals surface area contributed by atoms with Gasteiger partial charge in [-0.2, -0.15) is 10.5 Å². The van der Waals surface area contributed by atoms with E-state index >= 15 is 0 Å². The van der Waals surface area contributed by atoms with Crippen LogP contribution in [0.2, 0.25) is 0 Å². The molecule has 0 spiro atoms. The lowest BCUT2D eigenvalue weighted by Gasteiger charge is -2.33. The maximum Gasteiger partial charge on any atom is 0.269 e. The van der Waals surface area contributed by atoms with Crippen LogP contribution in [0.5, 0.6) is 11.5 Å². The molecular weight excluding hydrogens is 570 g/mol. The van der Waals surface area contributed by atoms with E-state index in [2.05, 4.69) is 4.85 Å². The minimum Gasteiger partial charge on any atom is -0.456 e. The second kappa shape index (κ2) is 10.0. The Labute approximate surface area is 254 Å². The zero-order valence-corrected chi connectivity index (χ0v) is 22.9. The fourth-order valence-electron chi connectivity index (χ4n) is 5.60. The minimum atomic E-state index is -0.757. The molecule has 10 heteroatoms. The highest BCUT2D eigenvalue weighted by Gasteiger charge is 2.42. The van der Waals surface area contributed by atoms with Crippen molar-refractivity contribution in [2.24, 2.45) is 0 Å². The monoisotopic (exact) mass is 585 g/mol. The van der Waals surface area contributed by atoms with E-state index in [1.54, 1.807) is 18.2 Å². The third-order valence-corrected chi connectivity index (χ3v) is 7.65. The number of amides is 4. The number of ether oxygens (including phenoxy) is 1. The van der Waals surface area contributed by atoms with Gasteiger partial charge < -0.3 is 4.74 Å². The number of nitriles is 2. The molecule has 7 rings (SSSR count). The molecule has 2 aliphatic rings. The molecule has 4 amide bonds. The zero-order chi connectivity index (χ0) is 31.4. The summed E-state index contributed by atoms with van der Waals surface area (Å²) in [4.78, 5) is 61.3. The number of rotatable bonds is 4. The van der Waals surface area contributed by atoms with Crippen LogP contribution in [0.4, 0.5) is 17.1 Å². The average Bonchev–Trinajstić information content (AvgIpc) is 3.07. The summed E-state index contributed by atoms with van der Waals surface area (Å²) in [5.74, 6) is -2.67. The SMILES string of the molecule is [C-]#[N+]c1ccc(N2C(=O)c3ccc4c5c(cc(Oc6cccc(C#N)c6)c(c35)C2=O)C(=O)N(c2ccc(C#N)cc2)C4=O)cc1. The maximum atomic E-state index is 14.2. The van der Waals surface area contributed by atoms with Crippen LogP contribution in [-0.4, -0.2) is 23.6 Å². The Kier molecular flexibility index (Phi) is 5.97. The number of benzene rings is 5. The number of carbonyl (C=O) groups excluding carboxylic acids is 4. The number of nitrogens with zero attached hydrogens (tertiary/aromatic N) is 5. The number of anilines is 2. The highest BCUT2D eigenvalue weighted by atomic mass is 16.5. The molecule has 10 nitrogen and oxygen atoms in total. The van der Waals surface area contributed by atoms with Crippen molar-refractivity contribution in [3.05, 3.63) is 136 Å². The van der Waals surface area contributed by atoms with Crippen LogP contribution >= 0.6 is 0 Å². The van der Waals surface area contributed by atoms with Crippen LogP contribution in [-0.2, 0) is 0 Å². The van der Waals surface area contributed by atoms with Gasteiger partial charge in [-0.1, -0.05) is 18.2 Å². The second-order valence-electron chi connectivity index (χ2n) is 10.1. The first-order valence-electron chi connectivity index (χ1n) is 13.4. The van der Waals surface area contributed by atoms with E-state index in [9.17, 15) is 29.7 Å². The molecular formula is C35H15N5O5. The van der Waals surface area contributed by atoms with Gasteiger partial charge in [0.15, 0.2) is 5.69 Å². The first-order chi connectivity index (χ1) is 21.8. The number of imide groups is 2. The van der Waals surface area contributed by atoms with Gasteiger partial charge in [-0.25, -0.2) is 14.6 Å². The van der Waals surface area contributed by atoms with Crippen molar-refractivity contribution in [1.82, 2.24) is 0 Å². The van der Waals surface area contributed by atoms with Crippen LogP contribution in [0, 0.1) is 29.2 Å². The molecule has 0 bridgehead atoms. The molecule has 2 heterocycles. The van der Waals surface area contributed by atoms with E-state index in [1.165, 1.54) is 72.8 Å². The summed E-state index contributed by atoms with van der Waals surface area (Å²) in [7, 11) is 0. The predicted octanol–water partition coefficient (Wildman–Crippen LogP) is 6.53. The van der Waals surface area contributed by atoms with Gasteiger partial charge in [0, 0.05) is 27.6 Å². The quantitative estimate of drug-likeness (QED) is 0.173. The molecule has 45 heavy (non-hydrogen) atoms. The molecule has 2 aliphatic heterocycles. The topological polar surface area (TPSA) is 136 Å². The lowest BCUT2D eigenvalue weighted by atomic mass is 9.85. The van der Waals surface area contributed by atoms with Crippen molar-refractivity contribution in [2.45, 2.75) is 0 Å². The molecule has 0 radical (unpaired) electrons. The van der Waals surface area contributed by atoms with Crippen LogP contribution in [0.3, 0.4) is 0 Å². The summed E-state index contributed by atoms with van der Waals surface area (Å²) in [5.41, 5.74) is 1.55. The van der Waals surface area contributed by atoms with E-state index in [0.717, 1.165) is 9.80 Å². The highest BCUT2D eigenvalue weighted by molar-refractivity contribution is 6.42. The van der Waals surface area contributed by atoms with Crippen LogP contribution in [0.25, 0.3) is 15.6 Å². The summed E-state index contributed by atoms with van der Waals surface area (Å²) in [6.45, 7) is 7.23. The lowest BCUT2D eigenvalue weighted by Crippen LogP contribution is -2.43. The molecule has 0 N–H and O–H groups in total. The van der Waals surface area contributed by atoms with Gasteiger partial charge in [-0.3, -0.25) is 19.2 Å². The summed E-state index contributed by atoms with van der Waals surface area (Å²) in [6.07, 6.45) is 0. The first kappa shape index (κ1) is 26.8. The predicted molar refractivity (Wildman–Crippen MR) is 161 cm³/mol. The van der Waals surface area contributed by atoms with E-state index in [1.807, 2.05) is 12.1 Å². The summed E-state index contributed by atoms with van der Waals surface area (Å²) >= 11 is 0. The Bertz CT molecular complexity index is 2310. The smallest absolute Gasteiger partial charge is 0.269 e. The molecule has 0 aliphatic carbocycles. The molecule has 210 valence electrons. The Morgan fingerprint density at radius 2 is 1.20 bits per heavy atom.